The van der Waals surface area contributed by atoms with Gasteiger partial charge in [-0.25, -0.2) is 8.42 Å². The van der Waals surface area contributed by atoms with Crippen LogP contribution in [0.4, 0.5) is 5.69 Å². The van der Waals surface area contributed by atoms with Gasteiger partial charge in [0.2, 0.25) is 5.89 Å². The SMILES string of the molecule is CC(c1noc(Cc2ccc(N)cc2)n1)S(C)(=O)=O. The molecule has 0 saturated carbocycles. The fourth-order valence-corrected chi connectivity index (χ4v) is 1.99. The molecule has 0 fully saturated rings. The standard InChI is InChI=1S/C12H15N3O3S/c1-8(19(2,16)17)12-14-11(18-15-12)7-9-3-5-10(13)6-4-9/h3-6,8H,7,13H2,1-2H3. The minimum atomic E-state index is -3.22. The van der Waals surface area contributed by atoms with E-state index in [4.69, 9.17) is 10.3 Å². The molecule has 0 saturated heterocycles. The van der Waals surface area contributed by atoms with Gasteiger partial charge in [-0.1, -0.05) is 17.3 Å². The second-order valence-electron chi connectivity index (χ2n) is 4.44. The summed E-state index contributed by atoms with van der Waals surface area (Å²) in [5.41, 5.74) is 7.24. The van der Waals surface area contributed by atoms with Crippen molar-refractivity contribution in [2.24, 2.45) is 0 Å². The molecule has 2 rings (SSSR count). The fourth-order valence-electron chi connectivity index (χ4n) is 1.51. The van der Waals surface area contributed by atoms with E-state index in [9.17, 15) is 8.42 Å². The van der Waals surface area contributed by atoms with E-state index in [-0.39, 0.29) is 5.82 Å². The maximum atomic E-state index is 11.4. The highest BCUT2D eigenvalue weighted by molar-refractivity contribution is 7.90. The van der Waals surface area contributed by atoms with Crippen molar-refractivity contribution in [1.29, 1.82) is 0 Å². The van der Waals surface area contributed by atoms with Crippen LogP contribution < -0.4 is 5.73 Å². The second kappa shape index (κ2) is 5.00. The zero-order valence-electron chi connectivity index (χ0n) is 10.7. The minimum Gasteiger partial charge on any atom is -0.399 e. The van der Waals surface area contributed by atoms with Gasteiger partial charge in [-0.05, 0) is 24.6 Å². The Morgan fingerprint density at radius 1 is 1.32 bits per heavy atom. The molecule has 19 heavy (non-hydrogen) atoms. The second-order valence-corrected chi connectivity index (χ2v) is 6.80. The number of rotatable bonds is 4. The van der Waals surface area contributed by atoms with Crippen molar-refractivity contribution in [2.75, 3.05) is 12.0 Å². The summed E-state index contributed by atoms with van der Waals surface area (Å²) in [6, 6.07) is 7.29. The van der Waals surface area contributed by atoms with Crippen molar-refractivity contribution < 1.29 is 12.9 Å². The Labute approximate surface area is 111 Å². The van der Waals surface area contributed by atoms with Crippen molar-refractivity contribution in [3.63, 3.8) is 0 Å². The molecule has 0 spiro atoms. The molecule has 1 atom stereocenters. The Hall–Kier alpha value is -1.89. The Bertz CT molecular complexity index is 662. The maximum absolute atomic E-state index is 11.4. The molecule has 1 aromatic carbocycles. The van der Waals surface area contributed by atoms with Crippen LogP contribution in [0.15, 0.2) is 28.8 Å². The summed E-state index contributed by atoms with van der Waals surface area (Å²) < 4.78 is 27.9. The van der Waals surface area contributed by atoms with Gasteiger partial charge in [-0.3, -0.25) is 0 Å². The van der Waals surface area contributed by atoms with Crippen LogP contribution in [0.25, 0.3) is 0 Å². The van der Waals surface area contributed by atoms with Crippen LogP contribution in [0, 0.1) is 0 Å². The predicted molar refractivity (Wildman–Crippen MR) is 71.2 cm³/mol. The van der Waals surface area contributed by atoms with E-state index >= 15 is 0 Å². The average molecular weight is 281 g/mol. The summed E-state index contributed by atoms with van der Waals surface area (Å²) in [6.07, 6.45) is 1.59. The average Bonchev–Trinajstić information content (AvgIpc) is 2.78. The number of nitrogens with zero attached hydrogens (tertiary/aromatic N) is 2. The van der Waals surface area contributed by atoms with Gasteiger partial charge in [-0.15, -0.1) is 0 Å². The highest BCUT2D eigenvalue weighted by atomic mass is 32.2. The van der Waals surface area contributed by atoms with Gasteiger partial charge >= 0.3 is 0 Å². The number of hydrogen-bond acceptors (Lipinski definition) is 6. The summed E-state index contributed by atoms with van der Waals surface area (Å²) >= 11 is 0. The highest BCUT2D eigenvalue weighted by Gasteiger charge is 2.23. The van der Waals surface area contributed by atoms with Crippen molar-refractivity contribution in [3.8, 4) is 0 Å². The summed E-state index contributed by atoms with van der Waals surface area (Å²) in [5.74, 6) is 0.572. The van der Waals surface area contributed by atoms with E-state index in [1.807, 2.05) is 12.1 Å². The van der Waals surface area contributed by atoms with Crippen LogP contribution in [0.3, 0.4) is 0 Å². The topological polar surface area (TPSA) is 99.1 Å². The summed E-state index contributed by atoms with van der Waals surface area (Å²) in [5, 5.41) is 2.94. The Kier molecular flexibility index (Phi) is 3.57. The lowest BCUT2D eigenvalue weighted by Gasteiger charge is -2.01. The first-order chi connectivity index (χ1) is 8.86. The van der Waals surface area contributed by atoms with E-state index in [1.54, 1.807) is 12.1 Å². The zero-order chi connectivity index (χ0) is 14.0. The number of benzene rings is 1. The number of aromatic nitrogens is 2. The number of sulfone groups is 1. The van der Waals surface area contributed by atoms with E-state index in [1.165, 1.54) is 6.92 Å². The molecule has 6 nitrogen and oxygen atoms in total. The van der Waals surface area contributed by atoms with Gasteiger partial charge in [-0.2, -0.15) is 4.98 Å². The number of nitrogens with two attached hydrogens (primary N) is 1. The molecule has 1 heterocycles. The molecule has 2 N–H and O–H groups in total. The molecule has 1 unspecified atom stereocenters. The van der Waals surface area contributed by atoms with Crippen LogP contribution in [-0.2, 0) is 16.3 Å². The smallest absolute Gasteiger partial charge is 0.231 e. The summed E-state index contributed by atoms with van der Waals surface area (Å²) in [6.45, 7) is 1.53. The van der Waals surface area contributed by atoms with Gasteiger partial charge in [0.1, 0.15) is 5.25 Å². The first-order valence-corrected chi connectivity index (χ1v) is 7.67. The fraction of sp³-hybridized carbons (Fsp3) is 0.333. The molecule has 7 heteroatoms. The lowest BCUT2D eigenvalue weighted by Crippen LogP contribution is -2.09. The zero-order valence-corrected chi connectivity index (χ0v) is 11.5. The summed E-state index contributed by atoms with van der Waals surface area (Å²) in [4.78, 5) is 4.11. The molecule has 102 valence electrons. The summed E-state index contributed by atoms with van der Waals surface area (Å²) in [7, 11) is -3.22. The van der Waals surface area contributed by atoms with Crippen LogP contribution >= 0.6 is 0 Å². The molecule has 0 aliphatic heterocycles. The minimum absolute atomic E-state index is 0.188. The lowest BCUT2D eigenvalue weighted by atomic mass is 10.1. The Balaban J connectivity index is 2.16. The largest absolute Gasteiger partial charge is 0.399 e. The molecule has 0 amide bonds. The first kappa shape index (κ1) is 13.5. The van der Waals surface area contributed by atoms with Crippen LogP contribution in [0.2, 0.25) is 0 Å². The lowest BCUT2D eigenvalue weighted by molar-refractivity contribution is 0.379. The molecule has 0 aliphatic carbocycles. The van der Waals surface area contributed by atoms with Gasteiger partial charge < -0.3 is 10.3 Å². The van der Waals surface area contributed by atoms with E-state index in [2.05, 4.69) is 10.1 Å². The van der Waals surface area contributed by atoms with E-state index < -0.39 is 15.1 Å². The van der Waals surface area contributed by atoms with Crippen LogP contribution in [0.1, 0.15) is 29.5 Å². The number of nitrogen functional groups attached to an aromatic ring is 1. The monoisotopic (exact) mass is 281 g/mol. The molecule has 0 aliphatic rings. The Morgan fingerprint density at radius 2 is 1.95 bits per heavy atom. The molecular weight excluding hydrogens is 266 g/mol. The van der Waals surface area contributed by atoms with Crippen LogP contribution in [0.5, 0.6) is 0 Å². The normalized spacial score (nSPS) is 13.4. The molecule has 1 aromatic heterocycles. The molecule has 2 aromatic rings. The molecular formula is C12H15N3O3S. The van der Waals surface area contributed by atoms with Gasteiger partial charge in [0.15, 0.2) is 15.7 Å². The van der Waals surface area contributed by atoms with Crippen molar-refractivity contribution >= 4 is 15.5 Å². The molecule has 0 bridgehead atoms. The number of anilines is 1. The van der Waals surface area contributed by atoms with Crippen molar-refractivity contribution in [1.82, 2.24) is 10.1 Å². The van der Waals surface area contributed by atoms with Crippen LogP contribution in [-0.4, -0.2) is 24.8 Å². The van der Waals surface area contributed by atoms with Crippen molar-refractivity contribution in [3.05, 3.63) is 41.5 Å². The van der Waals surface area contributed by atoms with Crippen molar-refractivity contribution in [2.45, 2.75) is 18.6 Å². The predicted octanol–water partition coefficient (Wildman–Crippen LogP) is 1.35. The molecule has 0 radical (unpaired) electrons. The van der Waals surface area contributed by atoms with Gasteiger partial charge in [0, 0.05) is 11.9 Å². The third kappa shape index (κ3) is 3.31. The number of hydrogen-bond donors (Lipinski definition) is 1. The quantitative estimate of drug-likeness (QED) is 0.849. The first-order valence-electron chi connectivity index (χ1n) is 5.72. The third-order valence-corrected chi connectivity index (χ3v) is 4.32. The van der Waals surface area contributed by atoms with E-state index in [0.717, 1.165) is 11.8 Å². The van der Waals surface area contributed by atoms with Gasteiger partial charge in [0.25, 0.3) is 0 Å². The third-order valence-electron chi connectivity index (χ3n) is 2.82. The maximum Gasteiger partial charge on any atom is 0.231 e. The van der Waals surface area contributed by atoms with E-state index in [0.29, 0.717) is 18.0 Å². The highest BCUT2D eigenvalue weighted by Crippen LogP contribution is 2.18. The Morgan fingerprint density at radius 3 is 2.53 bits per heavy atom. The van der Waals surface area contributed by atoms with Gasteiger partial charge in [0.05, 0.1) is 6.42 Å².